The van der Waals surface area contributed by atoms with Gasteiger partial charge < -0.3 is 15.1 Å². The van der Waals surface area contributed by atoms with Gasteiger partial charge in [-0.2, -0.15) is 0 Å². The molecule has 0 radical (unpaired) electrons. The number of likely N-dealkylation sites (tertiary alicyclic amines) is 1. The Morgan fingerprint density at radius 1 is 1.42 bits per heavy atom. The summed E-state index contributed by atoms with van der Waals surface area (Å²) in [6.07, 6.45) is 4.69. The van der Waals surface area contributed by atoms with Gasteiger partial charge in [-0.25, -0.2) is 4.79 Å². The number of nitrogens with one attached hydrogen (secondary N) is 1. The van der Waals surface area contributed by atoms with E-state index in [0.717, 1.165) is 38.1 Å². The molecule has 2 atom stereocenters. The van der Waals surface area contributed by atoms with E-state index in [2.05, 4.69) is 12.2 Å². The normalized spacial score (nSPS) is 20.1. The van der Waals surface area contributed by atoms with Crippen LogP contribution in [-0.4, -0.2) is 71.3 Å². The Kier molecular flexibility index (Phi) is 6.79. The minimum absolute atomic E-state index is 0.105. The average Bonchev–Trinajstić information content (AvgIpc) is 2.36. The number of urea groups is 1. The molecule has 5 nitrogen and oxygen atoms in total. The van der Waals surface area contributed by atoms with Crippen LogP contribution in [0.25, 0.3) is 0 Å². The lowest BCUT2D eigenvalue weighted by Crippen LogP contribution is -2.49. The lowest BCUT2D eigenvalue weighted by molar-refractivity contribution is 0.151. The van der Waals surface area contributed by atoms with Crippen molar-refractivity contribution in [2.24, 2.45) is 0 Å². The van der Waals surface area contributed by atoms with Gasteiger partial charge in [0, 0.05) is 62.1 Å². The Hall–Kier alpha value is -0.620. The van der Waals surface area contributed by atoms with Crippen LogP contribution in [0.2, 0.25) is 0 Å². The topological polar surface area (TPSA) is 52.7 Å². The molecule has 1 heterocycles. The molecular formula is C13H27N3O2S. The summed E-state index contributed by atoms with van der Waals surface area (Å²) < 4.78 is 11.1. The molecule has 0 aliphatic carbocycles. The zero-order chi connectivity index (χ0) is 14.4. The molecule has 1 N–H and O–H groups in total. The van der Waals surface area contributed by atoms with Crippen molar-refractivity contribution in [3.05, 3.63) is 0 Å². The monoisotopic (exact) mass is 289 g/mol. The van der Waals surface area contributed by atoms with Crippen molar-refractivity contribution in [2.45, 2.75) is 38.3 Å². The van der Waals surface area contributed by atoms with Crippen molar-refractivity contribution in [3.63, 3.8) is 0 Å². The summed E-state index contributed by atoms with van der Waals surface area (Å²) in [6.45, 7) is 3.78. The fourth-order valence-electron chi connectivity index (χ4n) is 2.35. The molecule has 2 unspecified atom stereocenters. The van der Waals surface area contributed by atoms with E-state index in [0.29, 0.717) is 12.1 Å². The summed E-state index contributed by atoms with van der Waals surface area (Å²) in [5.41, 5.74) is 0. The smallest absolute Gasteiger partial charge is 0.319 e. The van der Waals surface area contributed by atoms with Gasteiger partial charge in [0.15, 0.2) is 0 Å². The van der Waals surface area contributed by atoms with Gasteiger partial charge in [-0.05, 0) is 26.2 Å². The highest BCUT2D eigenvalue weighted by Crippen LogP contribution is 2.12. The number of nitrogens with zero attached hydrogens (tertiary/aromatic N) is 2. The number of hydrogen-bond donors (Lipinski definition) is 1. The van der Waals surface area contributed by atoms with Crippen LogP contribution in [0.1, 0.15) is 26.2 Å². The zero-order valence-corrected chi connectivity index (χ0v) is 13.3. The van der Waals surface area contributed by atoms with Crippen LogP contribution in [0, 0.1) is 0 Å². The number of amides is 2. The molecule has 0 aromatic rings. The Morgan fingerprint density at radius 2 is 2.00 bits per heavy atom. The van der Waals surface area contributed by atoms with E-state index in [4.69, 9.17) is 0 Å². The van der Waals surface area contributed by atoms with E-state index < -0.39 is 10.8 Å². The maximum atomic E-state index is 11.8. The third kappa shape index (κ3) is 5.91. The number of piperidine rings is 1. The largest absolute Gasteiger partial charge is 0.331 e. The molecule has 0 bridgehead atoms. The first-order chi connectivity index (χ1) is 8.90. The quantitative estimate of drug-likeness (QED) is 0.817. The van der Waals surface area contributed by atoms with Crippen molar-refractivity contribution in [2.75, 3.05) is 39.2 Å². The molecule has 0 aromatic heterocycles. The third-order valence-electron chi connectivity index (χ3n) is 3.51. The molecule has 112 valence electrons. The van der Waals surface area contributed by atoms with Crippen LogP contribution in [0.3, 0.4) is 0 Å². The van der Waals surface area contributed by atoms with Crippen LogP contribution < -0.4 is 5.32 Å². The standard InChI is InChI=1S/C13H27N3O2S/c1-11(7-10-19(4)18)14-12-5-8-16(9-6-12)13(17)15(2)3/h11-12,14H,5-10H2,1-4H3. The maximum Gasteiger partial charge on any atom is 0.319 e. The highest BCUT2D eigenvalue weighted by atomic mass is 32.2. The summed E-state index contributed by atoms with van der Waals surface area (Å²) in [4.78, 5) is 15.3. The first-order valence-corrected chi connectivity index (χ1v) is 8.65. The molecule has 19 heavy (non-hydrogen) atoms. The summed E-state index contributed by atoms with van der Waals surface area (Å²) in [7, 11) is 2.87. The zero-order valence-electron chi connectivity index (χ0n) is 12.5. The van der Waals surface area contributed by atoms with Crippen molar-refractivity contribution in [3.8, 4) is 0 Å². The van der Waals surface area contributed by atoms with E-state index >= 15 is 0 Å². The molecule has 2 amide bonds. The predicted octanol–water partition coefficient (Wildman–Crippen LogP) is 0.879. The SMILES string of the molecule is CC(CCS(C)=O)NC1CCN(C(=O)N(C)C)CC1. The second-order valence-electron chi connectivity index (χ2n) is 5.57. The van der Waals surface area contributed by atoms with Crippen molar-refractivity contribution >= 4 is 16.8 Å². The number of carbonyl (C=O) groups excluding carboxylic acids is 1. The van der Waals surface area contributed by atoms with E-state index in [9.17, 15) is 9.00 Å². The van der Waals surface area contributed by atoms with E-state index in [1.54, 1.807) is 25.3 Å². The Labute approximate surface area is 119 Å². The minimum Gasteiger partial charge on any atom is -0.331 e. The van der Waals surface area contributed by atoms with E-state index in [1.807, 2.05) is 4.90 Å². The fourth-order valence-corrected chi connectivity index (χ4v) is 3.03. The van der Waals surface area contributed by atoms with Gasteiger partial charge in [-0.3, -0.25) is 4.21 Å². The number of carbonyl (C=O) groups is 1. The molecule has 0 aromatic carbocycles. The Morgan fingerprint density at radius 3 is 2.47 bits per heavy atom. The van der Waals surface area contributed by atoms with Crippen LogP contribution in [0.5, 0.6) is 0 Å². The fraction of sp³-hybridized carbons (Fsp3) is 0.923. The molecule has 1 aliphatic rings. The first-order valence-electron chi connectivity index (χ1n) is 6.92. The Bertz CT molecular complexity index is 315. The lowest BCUT2D eigenvalue weighted by Gasteiger charge is -2.35. The molecule has 6 heteroatoms. The molecule has 1 rings (SSSR count). The lowest BCUT2D eigenvalue weighted by atomic mass is 10.0. The highest BCUT2D eigenvalue weighted by Gasteiger charge is 2.24. The summed E-state index contributed by atoms with van der Waals surface area (Å²) >= 11 is 0. The average molecular weight is 289 g/mol. The van der Waals surface area contributed by atoms with Gasteiger partial charge in [0.2, 0.25) is 0 Å². The molecule has 0 spiro atoms. The van der Waals surface area contributed by atoms with Crippen LogP contribution in [-0.2, 0) is 10.8 Å². The van der Waals surface area contributed by atoms with Gasteiger partial charge in [0.1, 0.15) is 0 Å². The molecule has 1 fully saturated rings. The molecule has 0 saturated carbocycles. The van der Waals surface area contributed by atoms with Gasteiger partial charge in [0.05, 0.1) is 0 Å². The van der Waals surface area contributed by atoms with Gasteiger partial charge in [-0.1, -0.05) is 0 Å². The summed E-state index contributed by atoms with van der Waals surface area (Å²) in [5, 5.41) is 3.58. The molecular weight excluding hydrogens is 262 g/mol. The van der Waals surface area contributed by atoms with Crippen LogP contribution in [0.15, 0.2) is 0 Å². The predicted molar refractivity (Wildman–Crippen MR) is 79.8 cm³/mol. The van der Waals surface area contributed by atoms with Gasteiger partial charge in [-0.15, -0.1) is 0 Å². The van der Waals surface area contributed by atoms with Crippen LogP contribution in [0.4, 0.5) is 4.79 Å². The number of rotatable bonds is 5. The van der Waals surface area contributed by atoms with Crippen molar-refractivity contribution in [1.82, 2.24) is 15.1 Å². The van der Waals surface area contributed by atoms with Crippen LogP contribution >= 0.6 is 0 Å². The van der Waals surface area contributed by atoms with E-state index in [-0.39, 0.29) is 6.03 Å². The second kappa shape index (κ2) is 7.85. The highest BCUT2D eigenvalue weighted by molar-refractivity contribution is 7.84. The third-order valence-corrected chi connectivity index (χ3v) is 4.32. The summed E-state index contributed by atoms with van der Waals surface area (Å²) in [6, 6.07) is 0.976. The minimum atomic E-state index is -0.708. The Balaban J connectivity index is 2.26. The van der Waals surface area contributed by atoms with Gasteiger partial charge in [0.25, 0.3) is 0 Å². The molecule has 1 saturated heterocycles. The van der Waals surface area contributed by atoms with E-state index in [1.165, 1.54) is 0 Å². The first kappa shape index (κ1) is 16.4. The van der Waals surface area contributed by atoms with Crippen molar-refractivity contribution in [1.29, 1.82) is 0 Å². The maximum absolute atomic E-state index is 11.8. The number of hydrogen-bond acceptors (Lipinski definition) is 3. The summed E-state index contributed by atoms with van der Waals surface area (Å²) in [5.74, 6) is 0.756. The van der Waals surface area contributed by atoms with Gasteiger partial charge >= 0.3 is 6.03 Å². The molecule has 1 aliphatic heterocycles. The second-order valence-corrected chi connectivity index (χ2v) is 7.13. The van der Waals surface area contributed by atoms with Crippen molar-refractivity contribution < 1.29 is 9.00 Å².